The number of nitrogen functional groups attached to an aromatic ring is 1. The molecular formula is C14H21N3O2. The van der Waals surface area contributed by atoms with E-state index in [0.717, 1.165) is 38.2 Å². The van der Waals surface area contributed by atoms with Crippen LogP contribution >= 0.6 is 0 Å². The molecule has 0 spiro atoms. The Labute approximate surface area is 113 Å². The highest BCUT2D eigenvalue weighted by atomic mass is 16.5. The fourth-order valence-corrected chi connectivity index (χ4v) is 2.36. The van der Waals surface area contributed by atoms with Gasteiger partial charge in [-0.1, -0.05) is 6.92 Å². The van der Waals surface area contributed by atoms with E-state index in [1.54, 1.807) is 11.0 Å². The maximum absolute atomic E-state index is 12.5. The van der Waals surface area contributed by atoms with Crippen molar-refractivity contribution < 1.29 is 9.53 Å². The van der Waals surface area contributed by atoms with Crippen molar-refractivity contribution >= 4 is 11.7 Å². The molecule has 1 aromatic rings. The molecular weight excluding hydrogens is 242 g/mol. The number of hydrogen-bond donors (Lipinski definition) is 1. The molecule has 1 fully saturated rings. The minimum atomic E-state index is 0.00991. The zero-order chi connectivity index (χ0) is 13.8. The minimum absolute atomic E-state index is 0.00991. The SMILES string of the molecule is CCc1cc(C(=O)N(C)C2CCOCC2)cc(N)n1. The van der Waals surface area contributed by atoms with E-state index in [0.29, 0.717) is 11.4 Å². The number of amides is 1. The van der Waals surface area contributed by atoms with E-state index in [1.165, 1.54) is 0 Å². The first-order chi connectivity index (χ1) is 9.11. The number of nitrogens with zero attached hydrogens (tertiary/aromatic N) is 2. The van der Waals surface area contributed by atoms with Gasteiger partial charge < -0.3 is 15.4 Å². The summed E-state index contributed by atoms with van der Waals surface area (Å²) in [5.74, 6) is 0.416. The molecule has 1 aliphatic heterocycles. The molecule has 0 unspecified atom stereocenters. The molecule has 0 saturated carbocycles. The maximum Gasteiger partial charge on any atom is 0.254 e. The zero-order valence-electron chi connectivity index (χ0n) is 11.6. The van der Waals surface area contributed by atoms with E-state index in [2.05, 4.69) is 4.98 Å². The van der Waals surface area contributed by atoms with Crippen molar-refractivity contribution in [1.82, 2.24) is 9.88 Å². The fraction of sp³-hybridized carbons (Fsp3) is 0.571. The molecule has 2 N–H and O–H groups in total. The zero-order valence-corrected chi connectivity index (χ0v) is 11.6. The van der Waals surface area contributed by atoms with Crippen LogP contribution in [-0.4, -0.2) is 42.1 Å². The monoisotopic (exact) mass is 263 g/mol. The topological polar surface area (TPSA) is 68.5 Å². The van der Waals surface area contributed by atoms with Crippen molar-refractivity contribution in [2.75, 3.05) is 26.0 Å². The van der Waals surface area contributed by atoms with Gasteiger partial charge in [-0.2, -0.15) is 0 Å². The van der Waals surface area contributed by atoms with Gasteiger partial charge in [-0.15, -0.1) is 0 Å². The molecule has 0 bridgehead atoms. The third-order valence-electron chi connectivity index (χ3n) is 3.57. The quantitative estimate of drug-likeness (QED) is 0.896. The Kier molecular flexibility index (Phi) is 4.37. The lowest BCUT2D eigenvalue weighted by molar-refractivity contribution is 0.0362. The Bertz CT molecular complexity index is 456. The van der Waals surface area contributed by atoms with Gasteiger partial charge in [0.1, 0.15) is 5.82 Å². The van der Waals surface area contributed by atoms with E-state index in [4.69, 9.17) is 10.5 Å². The number of aromatic nitrogens is 1. The Morgan fingerprint density at radius 2 is 2.16 bits per heavy atom. The maximum atomic E-state index is 12.5. The van der Waals surface area contributed by atoms with Crippen molar-refractivity contribution in [3.8, 4) is 0 Å². The molecule has 1 aliphatic rings. The van der Waals surface area contributed by atoms with Gasteiger partial charge in [0.15, 0.2) is 0 Å². The minimum Gasteiger partial charge on any atom is -0.384 e. The average Bonchev–Trinajstić information content (AvgIpc) is 2.46. The van der Waals surface area contributed by atoms with E-state index in [9.17, 15) is 4.79 Å². The molecule has 1 saturated heterocycles. The summed E-state index contributed by atoms with van der Waals surface area (Å²) >= 11 is 0. The highest BCUT2D eigenvalue weighted by Gasteiger charge is 2.23. The smallest absolute Gasteiger partial charge is 0.254 e. The lowest BCUT2D eigenvalue weighted by atomic mass is 10.1. The number of pyridine rings is 1. The second-order valence-corrected chi connectivity index (χ2v) is 4.89. The van der Waals surface area contributed by atoms with Crippen LogP contribution in [0.5, 0.6) is 0 Å². The Hall–Kier alpha value is -1.62. The summed E-state index contributed by atoms with van der Waals surface area (Å²) in [5.41, 5.74) is 7.22. The van der Waals surface area contributed by atoms with Gasteiger partial charge in [0.2, 0.25) is 0 Å². The molecule has 19 heavy (non-hydrogen) atoms. The first-order valence-corrected chi connectivity index (χ1v) is 6.73. The highest BCUT2D eigenvalue weighted by Crippen LogP contribution is 2.17. The van der Waals surface area contributed by atoms with E-state index >= 15 is 0 Å². The van der Waals surface area contributed by atoms with Crippen LogP contribution in [0.2, 0.25) is 0 Å². The van der Waals surface area contributed by atoms with Gasteiger partial charge in [-0.25, -0.2) is 4.98 Å². The number of anilines is 1. The summed E-state index contributed by atoms with van der Waals surface area (Å²) in [6.07, 6.45) is 2.55. The standard InChI is InChI=1S/C14H21N3O2/c1-3-11-8-10(9-13(15)16-11)14(18)17(2)12-4-6-19-7-5-12/h8-9,12H,3-7H2,1-2H3,(H2,15,16). The van der Waals surface area contributed by atoms with Crippen molar-refractivity contribution in [2.24, 2.45) is 0 Å². The summed E-state index contributed by atoms with van der Waals surface area (Å²) in [4.78, 5) is 18.5. The second-order valence-electron chi connectivity index (χ2n) is 4.89. The molecule has 0 atom stereocenters. The van der Waals surface area contributed by atoms with Crippen LogP contribution < -0.4 is 5.73 Å². The number of aryl methyl sites for hydroxylation is 1. The fourth-order valence-electron chi connectivity index (χ4n) is 2.36. The van der Waals surface area contributed by atoms with E-state index < -0.39 is 0 Å². The highest BCUT2D eigenvalue weighted by molar-refractivity contribution is 5.95. The van der Waals surface area contributed by atoms with Crippen LogP contribution in [0.15, 0.2) is 12.1 Å². The Morgan fingerprint density at radius 3 is 2.79 bits per heavy atom. The molecule has 1 aromatic heterocycles. The largest absolute Gasteiger partial charge is 0.384 e. The molecule has 104 valence electrons. The first kappa shape index (κ1) is 13.8. The molecule has 1 amide bonds. The van der Waals surface area contributed by atoms with Gasteiger partial charge in [-0.05, 0) is 31.4 Å². The summed E-state index contributed by atoms with van der Waals surface area (Å²) in [7, 11) is 1.85. The van der Waals surface area contributed by atoms with Gasteiger partial charge in [0, 0.05) is 37.6 Å². The van der Waals surface area contributed by atoms with Crippen molar-refractivity contribution in [3.05, 3.63) is 23.4 Å². The van der Waals surface area contributed by atoms with E-state index in [1.807, 2.05) is 20.0 Å². The lowest BCUT2D eigenvalue weighted by Gasteiger charge is -2.31. The average molecular weight is 263 g/mol. The van der Waals surface area contributed by atoms with Crippen LogP contribution in [0.1, 0.15) is 35.8 Å². The summed E-state index contributed by atoms with van der Waals surface area (Å²) < 4.78 is 5.32. The predicted octanol–water partition coefficient (Wildman–Crippen LogP) is 1.48. The van der Waals surface area contributed by atoms with Crippen LogP contribution in [0.4, 0.5) is 5.82 Å². The predicted molar refractivity (Wildman–Crippen MR) is 74.0 cm³/mol. The van der Waals surface area contributed by atoms with Gasteiger partial charge in [-0.3, -0.25) is 4.79 Å². The summed E-state index contributed by atoms with van der Waals surface area (Å²) in [5, 5.41) is 0. The molecule has 5 heteroatoms. The lowest BCUT2D eigenvalue weighted by Crippen LogP contribution is -2.40. The second kappa shape index (κ2) is 6.02. The molecule has 0 aliphatic carbocycles. The first-order valence-electron chi connectivity index (χ1n) is 6.73. The van der Waals surface area contributed by atoms with Crippen LogP contribution in [-0.2, 0) is 11.2 Å². The van der Waals surface area contributed by atoms with Crippen molar-refractivity contribution in [3.63, 3.8) is 0 Å². The Morgan fingerprint density at radius 1 is 1.47 bits per heavy atom. The molecule has 0 aromatic carbocycles. The van der Waals surface area contributed by atoms with Crippen LogP contribution in [0.3, 0.4) is 0 Å². The van der Waals surface area contributed by atoms with Crippen molar-refractivity contribution in [1.29, 1.82) is 0 Å². The molecule has 2 rings (SSSR count). The third kappa shape index (κ3) is 3.23. The van der Waals surface area contributed by atoms with Crippen molar-refractivity contribution in [2.45, 2.75) is 32.2 Å². The summed E-state index contributed by atoms with van der Waals surface area (Å²) in [6, 6.07) is 3.73. The number of carbonyl (C=O) groups excluding carboxylic acids is 1. The third-order valence-corrected chi connectivity index (χ3v) is 3.57. The number of ether oxygens (including phenoxy) is 1. The number of nitrogens with two attached hydrogens (primary N) is 1. The number of rotatable bonds is 3. The normalized spacial score (nSPS) is 16.3. The van der Waals surface area contributed by atoms with Crippen LogP contribution in [0, 0.1) is 0 Å². The molecule has 5 nitrogen and oxygen atoms in total. The summed E-state index contributed by atoms with van der Waals surface area (Å²) in [6.45, 7) is 3.44. The number of carbonyl (C=O) groups is 1. The van der Waals surface area contributed by atoms with Gasteiger partial charge in [0.05, 0.1) is 0 Å². The molecule has 2 heterocycles. The van der Waals surface area contributed by atoms with Gasteiger partial charge in [0.25, 0.3) is 5.91 Å². The molecule has 0 radical (unpaired) electrons. The Balaban J connectivity index is 2.15. The van der Waals surface area contributed by atoms with E-state index in [-0.39, 0.29) is 11.9 Å². The number of hydrogen-bond acceptors (Lipinski definition) is 4. The van der Waals surface area contributed by atoms with Crippen LogP contribution in [0.25, 0.3) is 0 Å². The van der Waals surface area contributed by atoms with Gasteiger partial charge >= 0.3 is 0 Å².